The van der Waals surface area contributed by atoms with E-state index >= 15 is 0 Å². The molecule has 2 aromatic heterocycles. The van der Waals surface area contributed by atoms with Crippen molar-refractivity contribution in [3.8, 4) is 11.3 Å². The van der Waals surface area contributed by atoms with Gasteiger partial charge in [-0.3, -0.25) is 9.11 Å². The highest BCUT2D eigenvalue weighted by Gasteiger charge is 2.31. The Hall–Kier alpha value is -1.57. The molecule has 0 fully saturated rings. The SMILES string of the molecule is Cc1cc2nc(C)c(S(O)(O)C3=CCCCC3)c(-c3ccc(Cl)c(Cl)c3)n2n1. The molecule has 1 aliphatic rings. The number of aromatic nitrogens is 3. The van der Waals surface area contributed by atoms with Crippen molar-refractivity contribution in [1.82, 2.24) is 14.6 Å². The second-order valence-electron chi connectivity index (χ2n) is 7.02. The van der Waals surface area contributed by atoms with Gasteiger partial charge in [0.1, 0.15) is 4.90 Å². The summed E-state index contributed by atoms with van der Waals surface area (Å²) in [5.74, 6) is 0. The quantitative estimate of drug-likeness (QED) is 0.467. The maximum absolute atomic E-state index is 11.4. The fraction of sp³-hybridized carbons (Fsp3) is 0.300. The van der Waals surface area contributed by atoms with Crippen LogP contribution in [0.3, 0.4) is 0 Å². The molecule has 0 radical (unpaired) electrons. The molecule has 0 unspecified atom stereocenters. The molecule has 8 heteroatoms. The molecule has 0 spiro atoms. The molecule has 2 heterocycles. The molecule has 0 aliphatic heterocycles. The van der Waals surface area contributed by atoms with E-state index in [4.69, 9.17) is 23.2 Å². The van der Waals surface area contributed by atoms with Crippen LogP contribution in [-0.4, -0.2) is 23.7 Å². The molecule has 0 saturated carbocycles. The standard InChI is InChI=1S/C20H21Cl2N3O2S/c1-12-10-18-23-13(2)20(28(26,27)15-6-4-3-5-7-15)19(25(18)24-12)14-8-9-16(21)17(22)11-14/h6,8-11,26-27H,3-5,7H2,1-2H3. The lowest BCUT2D eigenvalue weighted by atomic mass is 10.1. The van der Waals surface area contributed by atoms with Crippen LogP contribution in [0.5, 0.6) is 0 Å². The first-order valence-corrected chi connectivity index (χ1v) is 11.4. The topological polar surface area (TPSA) is 70.7 Å². The number of halogens is 2. The van der Waals surface area contributed by atoms with Crippen LogP contribution >= 0.6 is 33.8 Å². The van der Waals surface area contributed by atoms with E-state index in [-0.39, 0.29) is 0 Å². The highest BCUT2D eigenvalue weighted by molar-refractivity contribution is 8.27. The van der Waals surface area contributed by atoms with Crippen molar-refractivity contribution in [3.05, 3.63) is 56.7 Å². The van der Waals surface area contributed by atoms with E-state index in [2.05, 4.69) is 10.1 Å². The molecule has 0 atom stereocenters. The summed E-state index contributed by atoms with van der Waals surface area (Å²) in [5.41, 5.74) is 3.30. The Morgan fingerprint density at radius 1 is 1.07 bits per heavy atom. The third-order valence-electron chi connectivity index (χ3n) is 4.94. The molecule has 5 nitrogen and oxygen atoms in total. The fourth-order valence-corrected chi connectivity index (χ4v) is 5.93. The van der Waals surface area contributed by atoms with Crippen LogP contribution < -0.4 is 0 Å². The van der Waals surface area contributed by atoms with Crippen LogP contribution in [0.25, 0.3) is 16.9 Å². The van der Waals surface area contributed by atoms with Crippen molar-refractivity contribution < 1.29 is 9.11 Å². The Balaban J connectivity index is 2.06. The minimum absolute atomic E-state index is 0.393. The lowest BCUT2D eigenvalue weighted by molar-refractivity contribution is 0.488. The normalized spacial score (nSPS) is 15.7. The first-order valence-electron chi connectivity index (χ1n) is 9.09. The third-order valence-corrected chi connectivity index (χ3v) is 7.84. The summed E-state index contributed by atoms with van der Waals surface area (Å²) in [6, 6.07) is 7.10. The van der Waals surface area contributed by atoms with Crippen LogP contribution in [0.2, 0.25) is 10.0 Å². The first-order chi connectivity index (χ1) is 13.3. The minimum atomic E-state index is -3.21. The summed E-state index contributed by atoms with van der Waals surface area (Å²) >= 11 is 12.4. The van der Waals surface area contributed by atoms with Gasteiger partial charge in [-0.15, -0.1) is 10.6 Å². The molecule has 1 aliphatic carbocycles. The van der Waals surface area contributed by atoms with E-state index in [9.17, 15) is 9.11 Å². The second-order valence-corrected chi connectivity index (χ2v) is 9.87. The summed E-state index contributed by atoms with van der Waals surface area (Å²) in [6.07, 6.45) is 5.48. The Morgan fingerprint density at radius 2 is 1.86 bits per heavy atom. The monoisotopic (exact) mass is 437 g/mol. The lowest BCUT2D eigenvalue weighted by Crippen LogP contribution is -2.12. The Morgan fingerprint density at radius 3 is 2.54 bits per heavy atom. The van der Waals surface area contributed by atoms with E-state index < -0.39 is 10.6 Å². The number of allylic oxidation sites excluding steroid dienone is 2. The Labute approximate surface area is 175 Å². The summed E-state index contributed by atoms with van der Waals surface area (Å²) < 4.78 is 24.4. The summed E-state index contributed by atoms with van der Waals surface area (Å²) in [6.45, 7) is 3.68. The summed E-state index contributed by atoms with van der Waals surface area (Å²) in [7, 11) is -3.21. The van der Waals surface area contributed by atoms with Gasteiger partial charge in [0.25, 0.3) is 0 Å². The number of nitrogens with zero attached hydrogens (tertiary/aromatic N) is 3. The highest BCUT2D eigenvalue weighted by Crippen LogP contribution is 2.61. The van der Waals surface area contributed by atoms with Crippen molar-refractivity contribution in [3.63, 3.8) is 0 Å². The average molecular weight is 438 g/mol. The Bertz CT molecular complexity index is 1110. The van der Waals surface area contributed by atoms with Gasteiger partial charge in [-0.25, -0.2) is 9.50 Å². The van der Waals surface area contributed by atoms with Gasteiger partial charge >= 0.3 is 0 Å². The first kappa shape index (κ1) is 19.7. The van der Waals surface area contributed by atoms with Crippen LogP contribution in [-0.2, 0) is 0 Å². The van der Waals surface area contributed by atoms with Crippen LogP contribution in [0.15, 0.2) is 40.1 Å². The van der Waals surface area contributed by atoms with Gasteiger partial charge in [-0.2, -0.15) is 5.10 Å². The van der Waals surface area contributed by atoms with Crippen molar-refractivity contribution in [2.75, 3.05) is 0 Å². The molecular weight excluding hydrogens is 417 g/mol. The van der Waals surface area contributed by atoms with Gasteiger partial charge in [-0.1, -0.05) is 35.3 Å². The minimum Gasteiger partial charge on any atom is -0.290 e. The molecule has 0 bridgehead atoms. The van der Waals surface area contributed by atoms with Crippen molar-refractivity contribution in [2.45, 2.75) is 44.4 Å². The smallest absolute Gasteiger partial charge is 0.156 e. The largest absolute Gasteiger partial charge is 0.290 e. The number of aryl methyl sites for hydroxylation is 2. The zero-order chi connectivity index (χ0) is 20.1. The number of rotatable bonds is 3. The molecule has 0 saturated heterocycles. The molecule has 1 aromatic carbocycles. The zero-order valence-corrected chi connectivity index (χ0v) is 17.9. The van der Waals surface area contributed by atoms with Crippen LogP contribution in [0.4, 0.5) is 0 Å². The predicted molar refractivity (Wildman–Crippen MR) is 116 cm³/mol. The number of fused-ring (bicyclic) bond motifs is 1. The maximum atomic E-state index is 11.4. The maximum Gasteiger partial charge on any atom is 0.156 e. The second kappa shape index (κ2) is 7.35. The molecule has 2 N–H and O–H groups in total. The summed E-state index contributed by atoms with van der Waals surface area (Å²) in [5, 5.41) is 5.38. The number of hydrogen-bond donors (Lipinski definition) is 2. The fourth-order valence-electron chi connectivity index (χ4n) is 3.66. The van der Waals surface area contributed by atoms with Crippen LogP contribution in [0.1, 0.15) is 37.1 Å². The number of hydrogen-bond acceptors (Lipinski definition) is 4. The van der Waals surface area contributed by atoms with Gasteiger partial charge in [0.15, 0.2) is 5.65 Å². The Kier molecular flexibility index (Phi) is 5.18. The average Bonchev–Trinajstić information content (AvgIpc) is 3.03. The van der Waals surface area contributed by atoms with Crippen LogP contribution in [0, 0.1) is 13.8 Å². The van der Waals surface area contributed by atoms with E-state index in [1.54, 1.807) is 23.6 Å². The van der Waals surface area contributed by atoms with Gasteiger partial charge in [0, 0.05) is 16.5 Å². The molecule has 4 rings (SSSR count). The molecular formula is C20H21Cl2N3O2S. The van der Waals surface area contributed by atoms with Crippen molar-refractivity contribution >= 4 is 39.4 Å². The van der Waals surface area contributed by atoms with Gasteiger partial charge in [-0.05, 0) is 51.7 Å². The molecule has 148 valence electrons. The highest BCUT2D eigenvalue weighted by atomic mass is 35.5. The molecule has 0 amide bonds. The van der Waals surface area contributed by atoms with Gasteiger partial charge in [0.2, 0.25) is 0 Å². The van der Waals surface area contributed by atoms with E-state index in [0.717, 1.165) is 25.0 Å². The predicted octanol–water partition coefficient (Wildman–Crippen LogP) is 6.89. The lowest BCUT2D eigenvalue weighted by Gasteiger charge is -2.38. The van der Waals surface area contributed by atoms with Gasteiger partial charge < -0.3 is 0 Å². The van der Waals surface area contributed by atoms with Gasteiger partial charge in [0.05, 0.1) is 27.1 Å². The van der Waals surface area contributed by atoms with Crippen molar-refractivity contribution in [2.24, 2.45) is 0 Å². The zero-order valence-electron chi connectivity index (χ0n) is 15.6. The van der Waals surface area contributed by atoms with E-state index in [1.807, 2.05) is 25.1 Å². The van der Waals surface area contributed by atoms with E-state index in [0.29, 0.717) is 48.9 Å². The molecule has 28 heavy (non-hydrogen) atoms. The van der Waals surface area contributed by atoms with Crippen molar-refractivity contribution in [1.29, 1.82) is 0 Å². The van der Waals surface area contributed by atoms with E-state index in [1.165, 1.54) is 0 Å². The number of benzene rings is 1. The third kappa shape index (κ3) is 3.33. The molecule has 3 aromatic rings. The summed E-state index contributed by atoms with van der Waals surface area (Å²) in [4.78, 5) is 5.67.